The standard InChI is InChI=1S/C10H10O.U/c11-10-7-3-5-8-4-1-2-6-9(8)10;/h1-2,4-6,11H,3,7H2;. The van der Waals surface area contributed by atoms with Crippen molar-refractivity contribution >= 4 is 11.8 Å². The van der Waals surface area contributed by atoms with Crippen LogP contribution in [-0.4, -0.2) is 5.11 Å². The fraction of sp³-hybridized carbons (Fsp3) is 0.200. The van der Waals surface area contributed by atoms with Gasteiger partial charge >= 0.3 is 0 Å². The van der Waals surface area contributed by atoms with Crippen molar-refractivity contribution in [2.75, 3.05) is 0 Å². The molecule has 60 valence electrons. The number of rotatable bonds is 0. The van der Waals surface area contributed by atoms with Crippen molar-refractivity contribution in [1.82, 2.24) is 0 Å². The Morgan fingerprint density at radius 1 is 1.17 bits per heavy atom. The van der Waals surface area contributed by atoms with Crippen LogP contribution in [0.2, 0.25) is 0 Å². The van der Waals surface area contributed by atoms with E-state index in [1.54, 1.807) is 0 Å². The van der Waals surface area contributed by atoms with Crippen LogP contribution in [0.3, 0.4) is 0 Å². The van der Waals surface area contributed by atoms with Crippen molar-refractivity contribution < 1.29 is 36.2 Å². The summed E-state index contributed by atoms with van der Waals surface area (Å²) in [5, 5.41) is 11.6. The molecule has 0 aromatic heterocycles. The first-order valence-electron chi connectivity index (χ1n) is 3.85. The van der Waals surface area contributed by atoms with E-state index >= 15 is 0 Å². The number of benzene rings is 1. The molecule has 1 N–H and O–H groups in total. The van der Waals surface area contributed by atoms with Gasteiger partial charge in [0.25, 0.3) is 0 Å². The molecular formula is C10H10OU. The summed E-state index contributed by atoms with van der Waals surface area (Å²) in [4.78, 5) is 0. The SMILES string of the molecule is OC1=c2ccccc2=CCC1.[U]. The Labute approximate surface area is 95.2 Å². The van der Waals surface area contributed by atoms with Crippen molar-refractivity contribution in [2.45, 2.75) is 12.8 Å². The molecule has 1 aliphatic carbocycles. The van der Waals surface area contributed by atoms with Crippen molar-refractivity contribution in [2.24, 2.45) is 0 Å². The van der Waals surface area contributed by atoms with Crippen LogP contribution in [0, 0.1) is 31.1 Å². The number of aliphatic hydroxyl groups is 1. The summed E-state index contributed by atoms with van der Waals surface area (Å²) < 4.78 is 0. The second-order valence-electron chi connectivity index (χ2n) is 2.78. The van der Waals surface area contributed by atoms with Gasteiger partial charge in [0.15, 0.2) is 0 Å². The van der Waals surface area contributed by atoms with E-state index in [4.69, 9.17) is 0 Å². The van der Waals surface area contributed by atoms with Crippen molar-refractivity contribution in [3.05, 3.63) is 34.7 Å². The van der Waals surface area contributed by atoms with Gasteiger partial charge < -0.3 is 5.11 Å². The minimum atomic E-state index is 0. The van der Waals surface area contributed by atoms with E-state index in [1.807, 2.05) is 24.3 Å². The third-order valence-corrected chi connectivity index (χ3v) is 2.02. The van der Waals surface area contributed by atoms with Gasteiger partial charge in [-0.15, -0.1) is 0 Å². The Morgan fingerprint density at radius 2 is 1.92 bits per heavy atom. The van der Waals surface area contributed by atoms with E-state index in [2.05, 4.69) is 6.08 Å². The van der Waals surface area contributed by atoms with Crippen LogP contribution in [0.25, 0.3) is 11.8 Å². The molecule has 1 aliphatic rings. The Kier molecular flexibility index (Phi) is 3.43. The molecule has 2 rings (SSSR count). The maximum atomic E-state index is 9.46. The molecule has 0 aliphatic heterocycles. The van der Waals surface area contributed by atoms with Crippen molar-refractivity contribution in [1.29, 1.82) is 0 Å². The molecule has 0 heterocycles. The van der Waals surface area contributed by atoms with E-state index in [9.17, 15) is 5.11 Å². The van der Waals surface area contributed by atoms with Gasteiger partial charge in [-0.25, -0.2) is 0 Å². The first-order valence-corrected chi connectivity index (χ1v) is 3.85. The molecule has 0 bridgehead atoms. The predicted molar refractivity (Wildman–Crippen MR) is 45.4 cm³/mol. The molecule has 0 atom stereocenters. The van der Waals surface area contributed by atoms with Gasteiger partial charge in [0, 0.05) is 42.8 Å². The van der Waals surface area contributed by atoms with Crippen molar-refractivity contribution in [3.8, 4) is 0 Å². The molecule has 0 fully saturated rings. The predicted octanol–water partition coefficient (Wildman–Crippen LogP) is 0.927. The minimum Gasteiger partial charge on any atom is -0.512 e. The second-order valence-corrected chi connectivity index (χ2v) is 2.78. The van der Waals surface area contributed by atoms with Crippen molar-refractivity contribution in [3.63, 3.8) is 0 Å². The van der Waals surface area contributed by atoms with Crippen LogP contribution in [0.4, 0.5) is 0 Å². The third kappa shape index (κ3) is 1.76. The average molecular weight is 384 g/mol. The summed E-state index contributed by atoms with van der Waals surface area (Å²) in [6, 6.07) is 7.94. The largest absolute Gasteiger partial charge is 0.512 e. The van der Waals surface area contributed by atoms with E-state index in [0.29, 0.717) is 5.76 Å². The molecule has 0 radical (unpaired) electrons. The van der Waals surface area contributed by atoms with Gasteiger partial charge in [0.1, 0.15) is 5.76 Å². The summed E-state index contributed by atoms with van der Waals surface area (Å²) in [5.41, 5.74) is 0. The van der Waals surface area contributed by atoms with Gasteiger partial charge in [-0.3, -0.25) is 0 Å². The van der Waals surface area contributed by atoms with Crippen LogP contribution >= 0.6 is 0 Å². The van der Waals surface area contributed by atoms with Gasteiger partial charge in [-0.05, 0) is 11.6 Å². The second kappa shape index (κ2) is 4.16. The zero-order chi connectivity index (χ0) is 7.68. The zero-order valence-corrected chi connectivity index (χ0v) is 10.9. The summed E-state index contributed by atoms with van der Waals surface area (Å²) >= 11 is 0. The summed E-state index contributed by atoms with van der Waals surface area (Å²) in [6.07, 6.45) is 3.91. The summed E-state index contributed by atoms with van der Waals surface area (Å²) in [6.45, 7) is 0. The molecule has 1 aromatic carbocycles. The molecule has 2 heteroatoms. The van der Waals surface area contributed by atoms with Gasteiger partial charge in [0.05, 0.1) is 0 Å². The van der Waals surface area contributed by atoms with E-state index in [-0.39, 0.29) is 31.1 Å². The Balaban J connectivity index is 0.000000720. The Morgan fingerprint density at radius 3 is 2.67 bits per heavy atom. The van der Waals surface area contributed by atoms with Gasteiger partial charge in [-0.1, -0.05) is 30.3 Å². The first-order chi connectivity index (χ1) is 5.38. The number of hydrogen-bond donors (Lipinski definition) is 1. The molecule has 0 saturated heterocycles. The van der Waals surface area contributed by atoms with Gasteiger partial charge in [-0.2, -0.15) is 0 Å². The summed E-state index contributed by atoms with van der Waals surface area (Å²) in [7, 11) is 0. The number of fused-ring (bicyclic) bond motifs is 1. The van der Waals surface area contributed by atoms with E-state index < -0.39 is 0 Å². The average Bonchev–Trinajstić information content (AvgIpc) is 2.06. The zero-order valence-electron chi connectivity index (χ0n) is 6.75. The minimum absolute atomic E-state index is 0. The van der Waals surface area contributed by atoms with E-state index in [1.165, 1.54) is 0 Å². The normalized spacial score (nSPS) is 14.2. The fourth-order valence-corrected chi connectivity index (χ4v) is 1.44. The van der Waals surface area contributed by atoms with Crippen LogP contribution < -0.4 is 10.4 Å². The van der Waals surface area contributed by atoms with Gasteiger partial charge in [0.2, 0.25) is 0 Å². The molecule has 1 aromatic rings. The topological polar surface area (TPSA) is 20.2 Å². The Bertz CT molecular complexity index is 381. The number of hydrogen-bond acceptors (Lipinski definition) is 1. The number of aliphatic hydroxyl groups excluding tert-OH is 1. The van der Waals surface area contributed by atoms with E-state index in [0.717, 1.165) is 23.3 Å². The van der Waals surface area contributed by atoms with Crippen LogP contribution in [0.5, 0.6) is 0 Å². The molecule has 1 nitrogen and oxygen atoms in total. The monoisotopic (exact) mass is 384 g/mol. The molecule has 0 spiro atoms. The fourth-order valence-electron chi connectivity index (χ4n) is 1.44. The van der Waals surface area contributed by atoms with Crippen LogP contribution in [0.15, 0.2) is 24.3 Å². The molecule has 12 heavy (non-hydrogen) atoms. The molecule has 0 saturated carbocycles. The van der Waals surface area contributed by atoms with Crippen LogP contribution in [0.1, 0.15) is 12.8 Å². The Hall–Kier alpha value is -0.188. The molecule has 0 amide bonds. The first kappa shape index (κ1) is 9.90. The smallest absolute Gasteiger partial charge is 0.100 e. The van der Waals surface area contributed by atoms with Crippen LogP contribution in [-0.2, 0) is 0 Å². The third-order valence-electron chi connectivity index (χ3n) is 2.02. The molecule has 0 unspecified atom stereocenters. The maximum absolute atomic E-state index is 9.46. The maximum Gasteiger partial charge on any atom is 0.100 e. The molecular weight excluding hydrogens is 374 g/mol. The quantitative estimate of drug-likeness (QED) is 0.706. The summed E-state index contributed by atoms with van der Waals surface area (Å²) in [5.74, 6) is 0.531.